The third-order valence-electron chi connectivity index (χ3n) is 4.32. The van der Waals surface area contributed by atoms with Crippen LogP contribution in [0.15, 0.2) is 24.3 Å². The maximum Gasteiger partial charge on any atom is 0.237 e. The molecule has 108 valence electrons. The number of hydrogen-bond acceptors (Lipinski definition) is 3. The average molecular weight is 295 g/mol. The van der Waals surface area contributed by atoms with E-state index in [0.29, 0.717) is 19.5 Å². The highest BCUT2D eigenvalue weighted by Gasteiger charge is 2.44. The molecule has 0 aromatic heterocycles. The summed E-state index contributed by atoms with van der Waals surface area (Å²) in [5.41, 5.74) is 1.25. The van der Waals surface area contributed by atoms with Crippen LogP contribution in [0.25, 0.3) is 0 Å². The number of carbonyl (C=O) groups is 1. The highest BCUT2D eigenvalue weighted by Crippen LogP contribution is 2.48. The van der Waals surface area contributed by atoms with E-state index in [0.717, 1.165) is 17.9 Å². The molecule has 1 aliphatic heterocycles. The van der Waals surface area contributed by atoms with Gasteiger partial charge in [0.05, 0.1) is 12.1 Å². The van der Waals surface area contributed by atoms with E-state index in [2.05, 4.69) is 16.7 Å². The third-order valence-corrected chi connectivity index (χ3v) is 4.55. The molecule has 3 rings (SSSR count). The van der Waals surface area contributed by atoms with Crippen molar-refractivity contribution in [3.8, 4) is 0 Å². The first-order valence-corrected chi connectivity index (χ1v) is 7.42. The van der Waals surface area contributed by atoms with Gasteiger partial charge in [-0.15, -0.1) is 0 Å². The van der Waals surface area contributed by atoms with Crippen LogP contribution in [-0.4, -0.2) is 36.2 Å². The van der Waals surface area contributed by atoms with Gasteiger partial charge in [-0.3, -0.25) is 4.79 Å². The Hall–Kier alpha value is -1.10. The lowest BCUT2D eigenvalue weighted by molar-refractivity contribution is -0.123. The molecule has 2 fully saturated rings. The molecular formula is C15H19ClN2O2. The van der Waals surface area contributed by atoms with Gasteiger partial charge in [0.1, 0.15) is 0 Å². The van der Waals surface area contributed by atoms with Crippen LogP contribution < -0.4 is 10.6 Å². The number of carbonyl (C=O) groups excluding carboxylic acids is 1. The van der Waals surface area contributed by atoms with Gasteiger partial charge in [-0.2, -0.15) is 0 Å². The lowest BCUT2D eigenvalue weighted by atomic mass is 9.96. The van der Waals surface area contributed by atoms with Crippen LogP contribution in [0.1, 0.15) is 24.8 Å². The van der Waals surface area contributed by atoms with Gasteiger partial charge < -0.3 is 15.7 Å². The van der Waals surface area contributed by atoms with Crippen LogP contribution in [0.4, 0.5) is 0 Å². The Morgan fingerprint density at radius 2 is 2.30 bits per heavy atom. The number of aliphatic hydroxyl groups is 1. The first-order valence-electron chi connectivity index (χ1n) is 7.04. The monoisotopic (exact) mass is 294 g/mol. The van der Waals surface area contributed by atoms with Crippen molar-refractivity contribution in [3.05, 3.63) is 34.9 Å². The van der Waals surface area contributed by atoms with Crippen LogP contribution >= 0.6 is 11.6 Å². The third kappa shape index (κ3) is 2.82. The second-order valence-corrected chi connectivity index (χ2v) is 6.30. The summed E-state index contributed by atoms with van der Waals surface area (Å²) in [7, 11) is 0. The Labute approximate surface area is 123 Å². The average Bonchev–Trinajstić information content (AvgIpc) is 3.11. The summed E-state index contributed by atoms with van der Waals surface area (Å²) in [6.07, 6.45) is 2.24. The molecule has 0 bridgehead atoms. The molecule has 20 heavy (non-hydrogen) atoms. The molecule has 3 N–H and O–H groups in total. The van der Waals surface area contributed by atoms with Gasteiger partial charge in [0, 0.05) is 23.5 Å². The molecule has 1 aromatic carbocycles. The molecule has 0 radical (unpaired) electrons. The number of hydrogen-bond donors (Lipinski definition) is 3. The topological polar surface area (TPSA) is 61.4 Å². The largest absolute Gasteiger partial charge is 0.392 e. The van der Waals surface area contributed by atoms with E-state index < -0.39 is 6.10 Å². The number of aliphatic hydroxyl groups excluding tert-OH is 1. The number of nitrogens with one attached hydrogen (secondary N) is 2. The van der Waals surface area contributed by atoms with Crippen molar-refractivity contribution >= 4 is 17.5 Å². The summed E-state index contributed by atoms with van der Waals surface area (Å²) in [5, 5.41) is 16.2. The Bertz CT molecular complexity index is 516. The lowest BCUT2D eigenvalue weighted by Crippen LogP contribution is -2.43. The second kappa shape index (κ2) is 5.35. The van der Waals surface area contributed by atoms with Crippen LogP contribution in [0.5, 0.6) is 0 Å². The van der Waals surface area contributed by atoms with Crippen molar-refractivity contribution in [3.63, 3.8) is 0 Å². The van der Waals surface area contributed by atoms with Gasteiger partial charge in [0.15, 0.2) is 0 Å². The molecule has 2 atom stereocenters. The molecule has 1 saturated carbocycles. The molecule has 1 aliphatic carbocycles. The number of β-amino-alcohol motifs (C(OH)–C–C–N with tert-alkyl or cyclic N) is 1. The quantitative estimate of drug-likeness (QED) is 0.782. The van der Waals surface area contributed by atoms with Crippen molar-refractivity contribution in [1.82, 2.24) is 10.6 Å². The van der Waals surface area contributed by atoms with Gasteiger partial charge in [0.2, 0.25) is 5.91 Å². The van der Waals surface area contributed by atoms with E-state index in [-0.39, 0.29) is 17.4 Å². The maximum atomic E-state index is 12.1. The fourth-order valence-electron chi connectivity index (χ4n) is 2.83. The maximum absolute atomic E-state index is 12.1. The van der Waals surface area contributed by atoms with Crippen molar-refractivity contribution in [2.45, 2.75) is 36.8 Å². The highest BCUT2D eigenvalue weighted by atomic mass is 35.5. The minimum atomic E-state index is -0.409. The first kappa shape index (κ1) is 13.9. The fourth-order valence-corrected chi connectivity index (χ4v) is 3.02. The smallest absolute Gasteiger partial charge is 0.237 e. The molecule has 2 aliphatic rings. The normalized spacial score (nSPS) is 27.3. The minimum absolute atomic E-state index is 0.0187. The summed E-state index contributed by atoms with van der Waals surface area (Å²) in [6, 6.07) is 7.61. The zero-order valence-electron chi connectivity index (χ0n) is 11.2. The van der Waals surface area contributed by atoms with Crippen LogP contribution in [0, 0.1) is 0 Å². The summed E-state index contributed by atoms with van der Waals surface area (Å²) >= 11 is 6.04. The lowest BCUT2D eigenvalue weighted by Gasteiger charge is -2.18. The van der Waals surface area contributed by atoms with Gasteiger partial charge in [-0.1, -0.05) is 23.7 Å². The van der Waals surface area contributed by atoms with Gasteiger partial charge >= 0.3 is 0 Å². The number of halogens is 1. The molecule has 1 amide bonds. The second-order valence-electron chi connectivity index (χ2n) is 5.86. The number of amides is 1. The summed E-state index contributed by atoms with van der Waals surface area (Å²) in [4.78, 5) is 12.1. The summed E-state index contributed by atoms with van der Waals surface area (Å²) in [6.45, 7) is 1.14. The van der Waals surface area contributed by atoms with E-state index in [1.165, 1.54) is 5.56 Å². The predicted octanol–water partition coefficient (Wildman–Crippen LogP) is 1.21. The van der Waals surface area contributed by atoms with E-state index in [4.69, 9.17) is 11.6 Å². The van der Waals surface area contributed by atoms with Crippen LogP contribution in [0.2, 0.25) is 5.02 Å². The standard InChI is InChI=1S/C15H19ClN2O2/c16-11-3-1-2-10(6-11)15(4-5-15)9-18-14(20)13-7-12(19)8-17-13/h1-3,6,12-13,17,19H,4-5,7-9H2,(H,18,20). The summed E-state index contributed by atoms with van der Waals surface area (Å²) < 4.78 is 0. The van der Waals surface area contributed by atoms with Gasteiger partial charge in [-0.05, 0) is 37.0 Å². The van der Waals surface area contributed by atoms with Crippen molar-refractivity contribution < 1.29 is 9.90 Å². The zero-order chi connectivity index (χ0) is 14.2. The number of rotatable bonds is 4. The molecule has 1 heterocycles. The van der Waals surface area contributed by atoms with Crippen LogP contribution in [0.3, 0.4) is 0 Å². The Balaban J connectivity index is 1.59. The SMILES string of the molecule is O=C(NCC1(c2cccc(Cl)c2)CC1)C1CC(O)CN1. The van der Waals surface area contributed by atoms with Crippen molar-refractivity contribution in [1.29, 1.82) is 0 Å². The Morgan fingerprint density at radius 3 is 2.90 bits per heavy atom. The molecule has 1 aromatic rings. The fraction of sp³-hybridized carbons (Fsp3) is 0.533. The number of benzene rings is 1. The molecule has 5 heteroatoms. The van der Waals surface area contributed by atoms with Crippen LogP contribution in [-0.2, 0) is 10.2 Å². The molecule has 1 saturated heterocycles. The van der Waals surface area contributed by atoms with Gasteiger partial charge in [0.25, 0.3) is 0 Å². The summed E-state index contributed by atoms with van der Waals surface area (Å²) in [5.74, 6) is -0.0187. The van der Waals surface area contributed by atoms with E-state index >= 15 is 0 Å². The first-order chi connectivity index (χ1) is 9.59. The zero-order valence-corrected chi connectivity index (χ0v) is 12.0. The molecule has 4 nitrogen and oxygen atoms in total. The predicted molar refractivity (Wildman–Crippen MR) is 77.8 cm³/mol. The Morgan fingerprint density at radius 1 is 1.50 bits per heavy atom. The van der Waals surface area contributed by atoms with E-state index in [1.54, 1.807) is 0 Å². The van der Waals surface area contributed by atoms with E-state index in [1.807, 2.05) is 18.2 Å². The molecule has 2 unspecified atom stereocenters. The minimum Gasteiger partial charge on any atom is -0.392 e. The Kier molecular flexibility index (Phi) is 3.71. The van der Waals surface area contributed by atoms with Gasteiger partial charge in [-0.25, -0.2) is 0 Å². The van der Waals surface area contributed by atoms with Crippen molar-refractivity contribution in [2.75, 3.05) is 13.1 Å². The highest BCUT2D eigenvalue weighted by molar-refractivity contribution is 6.30. The van der Waals surface area contributed by atoms with Crippen molar-refractivity contribution in [2.24, 2.45) is 0 Å². The van der Waals surface area contributed by atoms with E-state index in [9.17, 15) is 9.90 Å². The molecular weight excluding hydrogens is 276 g/mol. The molecule has 0 spiro atoms.